The molecule has 3 N–H and O–H groups in total. The average Bonchev–Trinajstić information content (AvgIpc) is 3.18. The van der Waals surface area contributed by atoms with Gasteiger partial charge in [0, 0.05) is 38.2 Å². The van der Waals surface area contributed by atoms with Gasteiger partial charge in [0.25, 0.3) is 11.6 Å². The van der Waals surface area contributed by atoms with Crippen LogP contribution in [0.15, 0.2) is 42.6 Å². The van der Waals surface area contributed by atoms with Crippen molar-refractivity contribution in [3.8, 4) is 0 Å². The molecular weight excluding hydrogens is 487 g/mol. The van der Waals surface area contributed by atoms with Crippen molar-refractivity contribution in [3.05, 3.63) is 79.3 Å². The van der Waals surface area contributed by atoms with Crippen LogP contribution in [-0.2, 0) is 17.8 Å². The molecule has 0 unspecified atom stereocenters. The molecular formula is C21H20ClFN6O4S. The number of amides is 2. The van der Waals surface area contributed by atoms with Gasteiger partial charge in [-0.3, -0.25) is 24.7 Å². The van der Waals surface area contributed by atoms with Gasteiger partial charge in [0.2, 0.25) is 5.91 Å². The molecule has 3 rings (SSSR count). The molecule has 2 heterocycles. The number of nitrogens with one attached hydrogen (secondary N) is 3. The van der Waals surface area contributed by atoms with Crippen LogP contribution in [0, 0.1) is 15.9 Å². The number of nitrogens with zero attached hydrogens (tertiary/aromatic N) is 3. The molecule has 34 heavy (non-hydrogen) atoms. The van der Waals surface area contributed by atoms with Gasteiger partial charge < -0.3 is 16.0 Å². The summed E-state index contributed by atoms with van der Waals surface area (Å²) in [5.41, 5.74) is 0.139. The highest BCUT2D eigenvalue weighted by Crippen LogP contribution is 2.25. The second kappa shape index (κ2) is 12.1. The highest BCUT2D eigenvalue weighted by molar-refractivity contribution is 7.16. The summed E-state index contributed by atoms with van der Waals surface area (Å²) in [4.78, 5) is 42.9. The summed E-state index contributed by atoms with van der Waals surface area (Å²) in [5, 5.41) is 19.8. The van der Waals surface area contributed by atoms with E-state index in [0.29, 0.717) is 24.5 Å². The Morgan fingerprint density at radius 3 is 2.74 bits per heavy atom. The number of nitro benzene ring substituents is 1. The van der Waals surface area contributed by atoms with Crippen molar-refractivity contribution < 1.29 is 18.9 Å². The Balaban J connectivity index is 1.40. The van der Waals surface area contributed by atoms with Gasteiger partial charge in [-0.25, -0.2) is 9.37 Å². The van der Waals surface area contributed by atoms with Crippen LogP contribution in [0.2, 0.25) is 4.34 Å². The average molecular weight is 507 g/mol. The normalized spacial score (nSPS) is 10.6. The van der Waals surface area contributed by atoms with Crippen molar-refractivity contribution in [1.82, 2.24) is 20.6 Å². The number of rotatable bonds is 11. The van der Waals surface area contributed by atoms with E-state index in [1.165, 1.54) is 36.5 Å². The molecule has 0 saturated carbocycles. The molecule has 2 aromatic heterocycles. The highest BCUT2D eigenvalue weighted by Gasteiger charge is 2.18. The molecule has 0 aliphatic carbocycles. The van der Waals surface area contributed by atoms with E-state index in [1.54, 1.807) is 6.07 Å². The topological polar surface area (TPSA) is 139 Å². The first-order valence-corrected chi connectivity index (χ1v) is 11.3. The molecule has 3 aromatic rings. The van der Waals surface area contributed by atoms with Crippen LogP contribution in [0.5, 0.6) is 0 Å². The zero-order valence-electron chi connectivity index (χ0n) is 17.7. The summed E-state index contributed by atoms with van der Waals surface area (Å²) in [5.74, 6) is -1.41. The number of thiazole rings is 1. The van der Waals surface area contributed by atoms with E-state index >= 15 is 0 Å². The van der Waals surface area contributed by atoms with E-state index in [2.05, 4.69) is 25.9 Å². The number of pyridine rings is 1. The standard InChI is InChI=1S/C21H20ClFN6O4S/c22-20-19(21(31)26-12-15-13(23)4-3-9-25-15)28-18(34-20)8-11-24-10-7-17(30)27-14-5-1-2-6-16(14)29(32)33/h1-6,9,24H,7-8,10-12H2,(H,26,31)(H,27,30). The van der Waals surface area contributed by atoms with Gasteiger partial charge in [-0.2, -0.15) is 0 Å². The Hall–Kier alpha value is -3.48. The number of halogens is 2. The second-order valence-electron chi connectivity index (χ2n) is 6.92. The predicted octanol–water partition coefficient (Wildman–Crippen LogP) is 3.33. The minimum Gasteiger partial charge on any atom is -0.345 e. The predicted molar refractivity (Wildman–Crippen MR) is 125 cm³/mol. The molecule has 0 aliphatic heterocycles. The van der Waals surface area contributed by atoms with Gasteiger partial charge in [0.05, 0.1) is 22.2 Å². The van der Waals surface area contributed by atoms with Crippen molar-refractivity contribution in [3.63, 3.8) is 0 Å². The van der Waals surface area contributed by atoms with Crippen LogP contribution in [0.25, 0.3) is 0 Å². The first-order chi connectivity index (χ1) is 16.3. The van der Waals surface area contributed by atoms with E-state index in [9.17, 15) is 24.1 Å². The minimum atomic E-state index is -0.557. The van der Waals surface area contributed by atoms with Gasteiger partial charge in [-0.1, -0.05) is 23.7 Å². The van der Waals surface area contributed by atoms with E-state index < -0.39 is 16.6 Å². The Morgan fingerprint density at radius 1 is 1.18 bits per heavy atom. The number of anilines is 1. The fourth-order valence-corrected chi connectivity index (χ4v) is 4.04. The van der Waals surface area contributed by atoms with Crippen LogP contribution in [0.1, 0.15) is 27.6 Å². The van der Waals surface area contributed by atoms with Crippen LogP contribution in [0.3, 0.4) is 0 Å². The molecule has 0 spiro atoms. The lowest BCUT2D eigenvalue weighted by atomic mass is 10.2. The molecule has 0 fully saturated rings. The fraction of sp³-hybridized carbons (Fsp3) is 0.238. The van der Waals surface area contributed by atoms with Gasteiger partial charge >= 0.3 is 0 Å². The van der Waals surface area contributed by atoms with E-state index in [1.807, 2.05) is 0 Å². The molecule has 0 atom stereocenters. The quantitative estimate of drug-likeness (QED) is 0.206. The van der Waals surface area contributed by atoms with E-state index in [0.717, 1.165) is 11.3 Å². The molecule has 178 valence electrons. The van der Waals surface area contributed by atoms with Crippen molar-refractivity contribution in [2.24, 2.45) is 0 Å². The zero-order valence-corrected chi connectivity index (χ0v) is 19.3. The van der Waals surface area contributed by atoms with E-state index in [-0.39, 0.29) is 46.0 Å². The van der Waals surface area contributed by atoms with Gasteiger partial charge in [-0.15, -0.1) is 11.3 Å². The molecule has 13 heteroatoms. The summed E-state index contributed by atoms with van der Waals surface area (Å²) in [7, 11) is 0. The van der Waals surface area contributed by atoms with Gasteiger partial charge in [-0.05, 0) is 18.2 Å². The molecule has 0 bridgehead atoms. The van der Waals surface area contributed by atoms with Gasteiger partial charge in [0.1, 0.15) is 15.8 Å². The lowest BCUT2D eigenvalue weighted by Crippen LogP contribution is -2.25. The number of carbonyl (C=O) groups is 2. The van der Waals surface area contributed by atoms with Crippen LogP contribution in [0.4, 0.5) is 15.8 Å². The smallest absolute Gasteiger partial charge is 0.292 e. The van der Waals surface area contributed by atoms with Crippen molar-refractivity contribution >= 4 is 46.1 Å². The number of benzene rings is 1. The molecule has 0 aliphatic rings. The maximum Gasteiger partial charge on any atom is 0.292 e. The minimum absolute atomic E-state index is 0.0573. The zero-order chi connectivity index (χ0) is 24.5. The maximum atomic E-state index is 13.6. The highest BCUT2D eigenvalue weighted by atomic mass is 35.5. The lowest BCUT2D eigenvalue weighted by molar-refractivity contribution is -0.383. The van der Waals surface area contributed by atoms with Crippen LogP contribution >= 0.6 is 22.9 Å². The summed E-state index contributed by atoms with van der Waals surface area (Å²) in [6.45, 7) is 0.724. The van der Waals surface area contributed by atoms with E-state index in [4.69, 9.17) is 11.6 Å². The third-order valence-electron chi connectivity index (χ3n) is 4.52. The van der Waals surface area contributed by atoms with Crippen molar-refractivity contribution in [1.29, 1.82) is 0 Å². The second-order valence-corrected chi connectivity index (χ2v) is 8.60. The molecule has 2 amide bonds. The first-order valence-electron chi connectivity index (χ1n) is 10.1. The molecule has 0 radical (unpaired) electrons. The first kappa shape index (κ1) is 25.1. The molecule has 10 nitrogen and oxygen atoms in total. The monoisotopic (exact) mass is 506 g/mol. The van der Waals surface area contributed by atoms with Crippen LogP contribution < -0.4 is 16.0 Å². The maximum absolute atomic E-state index is 13.6. The summed E-state index contributed by atoms with van der Waals surface area (Å²) < 4.78 is 13.8. The number of hydrogen-bond donors (Lipinski definition) is 3. The number of hydrogen-bond acceptors (Lipinski definition) is 8. The Labute approximate surface area is 202 Å². The number of aromatic nitrogens is 2. The number of nitro groups is 1. The Bertz CT molecular complexity index is 1190. The summed E-state index contributed by atoms with van der Waals surface area (Å²) in [6.07, 6.45) is 2.02. The van der Waals surface area contributed by atoms with Crippen molar-refractivity contribution in [2.75, 3.05) is 18.4 Å². The molecule has 0 saturated heterocycles. The SMILES string of the molecule is O=C(CCNCCc1nc(C(=O)NCc2ncccc2F)c(Cl)s1)Nc1ccccc1[N+](=O)[O-]. The largest absolute Gasteiger partial charge is 0.345 e. The fourth-order valence-electron chi connectivity index (χ4n) is 2.86. The summed E-state index contributed by atoms with van der Waals surface area (Å²) in [6, 6.07) is 8.63. The number of carbonyl (C=O) groups excluding carboxylic acids is 2. The number of para-hydroxylation sites is 2. The van der Waals surface area contributed by atoms with Crippen molar-refractivity contribution in [2.45, 2.75) is 19.4 Å². The Morgan fingerprint density at radius 2 is 1.97 bits per heavy atom. The third kappa shape index (κ3) is 7.01. The third-order valence-corrected chi connectivity index (χ3v) is 5.83. The lowest BCUT2D eigenvalue weighted by Gasteiger charge is -2.06. The van der Waals surface area contributed by atoms with Crippen LogP contribution in [-0.4, -0.2) is 39.8 Å². The molecule has 1 aromatic carbocycles. The summed E-state index contributed by atoms with van der Waals surface area (Å²) >= 11 is 7.29. The Kier molecular flexibility index (Phi) is 8.96. The van der Waals surface area contributed by atoms with Gasteiger partial charge in [0.15, 0.2) is 5.69 Å².